The number of nitrogens with one attached hydrogen (secondary N) is 1. The predicted octanol–water partition coefficient (Wildman–Crippen LogP) is 4.49. The van der Waals surface area contributed by atoms with Crippen LogP contribution in [0.5, 0.6) is 0 Å². The lowest BCUT2D eigenvalue weighted by Crippen LogP contribution is -2.44. The first-order chi connectivity index (χ1) is 12.4. The van der Waals surface area contributed by atoms with Crippen LogP contribution in [0, 0.1) is 5.82 Å². The number of alkyl halides is 1. The maximum atomic E-state index is 15.6. The third kappa shape index (κ3) is 3.41. The van der Waals surface area contributed by atoms with Gasteiger partial charge in [-0.15, -0.1) is 0 Å². The van der Waals surface area contributed by atoms with Crippen LogP contribution in [0.2, 0.25) is 10.0 Å². The summed E-state index contributed by atoms with van der Waals surface area (Å²) < 4.78 is 34.9. The average Bonchev–Trinajstić information content (AvgIpc) is 2.61. The Morgan fingerprint density at radius 2 is 2.23 bits per heavy atom. The second kappa shape index (κ2) is 7.47. The van der Waals surface area contributed by atoms with E-state index in [1.807, 2.05) is 0 Å². The van der Waals surface area contributed by atoms with E-state index in [1.165, 1.54) is 25.4 Å². The summed E-state index contributed by atoms with van der Waals surface area (Å²) in [5.74, 6) is -1.53. The average molecular weight is 401 g/mol. The number of benzene rings is 1. The molecule has 0 saturated heterocycles. The van der Waals surface area contributed by atoms with Crippen LogP contribution in [0.15, 0.2) is 30.5 Å². The molecule has 4 nitrogen and oxygen atoms in total. The van der Waals surface area contributed by atoms with Crippen LogP contribution in [0.3, 0.4) is 0 Å². The Labute approximate surface area is 159 Å². The summed E-state index contributed by atoms with van der Waals surface area (Å²) in [5, 5.41) is 2.64. The fourth-order valence-corrected chi connectivity index (χ4v) is 3.66. The molecule has 1 amide bonds. The summed E-state index contributed by atoms with van der Waals surface area (Å²) in [6.07, 6.45) is 1.40. The Morgan fingerprint density at radius 1 is 1.46 bits per heavy atom. The number of amides is 1. The van der Waals surface area contributed by atoms with Gasteiger partial charge in [0.1, 0.15) is 5.82 Å². The second-order valence-electron chi connectivity index (χ2n) is 6.03. The molecule has 1 aromatic carbocycles. The molecule has 0 saturated carbocycles. The number of hydrogen-bond donors (Lipinski definition) is 1. The van der Waals surface area contributed by atoms with E-state index in [-0.39, 0.29) is 40.2 Å². The molecule has 0 spiro atoms. The summed E-state index contributed by atoms with van der Waals surface area (Å²) in [4.78, 5) is 16.8. The van der Waals surface area contributed by atoms with Crippen LogP contribution in [0.1, 0.15) is 35.8 Å². The molecule has 0 radical (unpaired) electrons. The van der Waals surface area contributed by atoms with E-state index in [0.29, 0.717) is 12.1 Å². The number of carbonyl (C=O) groups is 1. The molecular weight excluding hydrogens is 385 g/mol. The lowest BCUT2D eigenvalue weighted by Gasteiger charge is -2.33. The minimum absolute atomic E-state index is 0.0463. The highest BCUT2D eigenvalue weighted by Gasteiger charge is 2.47. The number of fused-ring (bicyclic) bond motifs is 1. The van der Waals surface area contributed by atoms with Gasteiger partial charge in [-0.1, -0.05) is 29.3 Å². The largest absolute Gasteiger partial charge is 0.375 e. The monoisotopic (exact) mass is 400 g/mol. The van der Waals surface area contributed by atoms with Gasteiger partial charge in [0.2, 0.25) is 5.67 Å². The maximum absolute atomic E-state index is 15.6. The van der Waals surface area contributed by atoms with Crippen molar-refractivity contribution in [2.45, 2.75) is 31.2 Å². The van der Waals surface area contributed by atoms with Crippen molar-refractivity contribution in [3.63, 3.8) is 0 Å². The predicted molar refractivity (Wildman–Crippen MR) is 94.3 cm³/mol. The van der Waals surface area contributed by atoms with Crippen molar-refractivity contribution < 1.29 is 18.3 Å². The molecule has 0 fully saturated rings. The highest BCUT2D eigenvalue weighted by molar-refractivity contribution is 6.35. The third-order valence-electron chi connectivity index (χ3n) is 4.50. The van der Waals surface area contributed by atoms with E-state index in [0.717, 1.165) is 6.07 Å². The van der Waals surface area contributed by atoms with Gasteiger partial charge in [-0.3, -0.25) is 9.78 Å². The van der Waals surface area contributed by atoms with Gasteiger partial charge < -0.3 is 10.1 Å². The molecule has 1 aliphatic carbocycles. The molecule has 138 valence electrons. The molecule has 1 heterocycles. The number of methoxy groups -OCH3 is 1. The van der Waals surface area contributed by atoms with E-state index in [9.17, 15) is 9.18 Å². The zero-order valence-corrected chi connectivity index (χ0v) is 15.4. The minimum atomic E-state index is -2.27. The van der Waals surface area contributed by atoms with Crippen LogP contribution in [0.4, 0.5) is 8.78 Å². The van der Waals surface area contributed by atoms with E-state index in [1.54, 1.807) is 6.07 Å². The molecule has 0 aliphatic heterocycles. The molecule has 2 aromatic rings. The van der Waals surface area contributed by atoms with Crippen LogP contribution in [0.25, 0.3) is 0 Å². The topological polar surface area (TPSA) is 51.2 Å². The van der Waals surface area contributed by atoms with Gasteiger partial charge in [0.05, 0.1) is 11.8 Å². The Bertz CT molecular complexity index is 827. The van der Waals surface area contributed by atoms with Crippen molar-refractivity contribution in [2.24, 2.45) is 0 Å². The highest BCUT2D eigenvalue weighted by atomic mass is 35.5. The van der Waals surface area contributed by atoms with Gasteiger partial charge in [0.15, 0.2) is 0 Å². The molecule has 1 N–H and O–H groups in total. The zero-order chi connectivity index (χ0) is 18.9. The van der Waals surface area contributed by atoms with Crippen molar-refractivity contribution in [2.75, 3.05) is 7.11 Å². The van der Waals surface area contributed by atoms with Crippen LogP contribution < -0.4 is 5.32 Å². The maximum Gasteiger partial charge on any atom is 0.262 e. The number of halogens is 4. The fraction of sp³-hybridized carbons (Fsp3) is 0.333. The number of aromatic nitrogens is 1. The van der Waals surface area contributed by atoms with Gasteiger partial charge in [0, 0.05) is 41.0 Å². The molecule has 3 rings (SSSR count). The molecule has 26 heavy (non-hydrogen) atoms. The molecule has 2 atom stereocenters. The lowest BCUT2D eigenvalue weighted by molar-refractivity contribution is -0.135. The normalized spacial score (nSPS) is 22.0. The Morgan fingerprint density at radius 3 is 2.92 bits per heavy atom. The van der Waals surface area contributed by atoms with Gasteiger partial charge in [0.25, 0.3) is 5.91 Å². The number of pyridine rings is 1. The summed E-state index contributed by atoms with van der Waals surface area (Å²) in [7, 11) is 1.51. The first-order valence-electron chi connectivity index (χ1n) is 7.95. The number of rotatable bonds is 4. The van der Waals surface area contributed by atoms with Gasteiger partial charge in [-0.05, 0) is 31.0 Å². The van der Waals surface area contributed by atoms with Crippen molar-refractivity contribution in [1.29, 1.82) is 0 Å². The van der Waals surface area contributed by atoms with Crippen molar-refractivity contribution in [3.8, 4) is 0 Å². The summed E-state index contributed by atoms with van der Waals surface area (Å²) in [6.45, 7) is -0.254. The van der Waals surface area contributed by atoms with Crippen molar-refractivity contribution in [3.05, 3.63) is 63.1 Å². The molecular formula is C18H16Cl2F2N2O2. The first-order valence-corrected chi connectivity index (χ1v) is 8.71. The van der Waals surface area contributed by atoms with Crippen LogP contribution >= 0.6 is 23.2 Å². The van der Waals surface area contributed by atoms with E-state index in [4.69, 9.17) is 27.9 Å². The second-order valence-corrected chi connectivity index (χ2v) is 6.87. The molecule has 1 aromatic heterocycles. The molecule has 1 aliphatic rings. The lowest BCUT2D eigenvalue weighted by atomic mass is 9.81. The number of carbonyl (C=O) groups excluding carboxylic acids is 1. The van der Waals surface area contributed by atoms with E-state index in [2.05, 4.69) is 10.3 Å². The van der Waals surface area contributed by atoms with Gasteiger partial charge in [-0.2, -0.15) is 0 Å². The zero-order valence-electron chi connectivity index (χ0n) is 13.9. The molecule has 0 bridgehead atoms. The molecule has 8 heteroatoms. The summed E-state index contributed by atoms with van der Waals surface area (Å²) in [6, 6.07) is 5.53. The standard InChI is InChI=1S/C18H16Cl2F2N2O2/c1-26-15-4-5-18(22,12-3-2-6-23-16(12)15)17(25)24-9-11-13(20)7-10(19)8-14(11)21/h2-3,6-8,15H,4-5,9H2,1H3,(H,24,25)/t15-,18-/m0/s1. The quantitative estimate of drug-likeness (QED) is 0.822. The third-order valence-corrected chi connectivity index (χ3v) is 5.05. The smallest absolute Gasteiger partial charge is 0.262 e. The SMILES string of the molecule is CO[C@H]1CC[C@@](F)(C(=O)NCc2c(F)cc(Cl)cc2Cl)c2cccnc21. The Kier molecular flexibility index (Phi) is 5.46. The van der Waals surface area contributed by atoms with Crippen molar-refractivity contribution >= 4 is 29.1 Å². The first kappa shape index (κ1) is 19.0. The van der Waals surface area contributed by atoms with Crippen molar-refractivity contribution in [1.82, 2.24) is 10.3 Å². The number of ether oxygens (including phenoxy) is 1. The van der Waals surface area contributed by atoms with Crippen LogP contribution in [-0.4, -0.2) is 18.0 Å². The van der Waals surface area contributed by atoms with E-state index < -0.39 is 17.4 Å². The van der Waals surface area contributed by atoms with Gasteiger partial charge in [-0.25, -0.2) is 8.78 Å². The fourth-order valence-electron chi connectivity index (χ4n) is 3.13. The highest BCUT2D eigenvalue weighted by Crippen LogP contribution is 2.43. The van der Waals surface area contributed by atoms with Gasteiger partial charge >= 0.3 is 0 Å². The number of hydrogen-bond acceptors (Lipinski definition) is 3. The van der Waals surface area contributed by atoms with E-state index >= 15 is 4.39 Å². The number of nitrogens with zero attached hydrogens (tertiary/aromatic N) is 1. The summed E-state index contributed by atoms with van der Waals surface area (Å²) in [5.41, 5.74) is -1.66. The Balaban J connectivity index is 1.84. The van der Waals surface area contributed by atoms with Crippen LogP contribution in [-0.2, 0) is 21.7 Å². The summed E-state index contributed by atoms with van der Waals surface area (Å²) >= 11 is 11.7. The minimum Gasteiger partial charge on any atom is -0.375 e. The Hall–Kier alpha value is -1.76. The molecule has 0 unspecified atom stereocenters.